The maximum absolute atomic E-state index is 11.6. The summed E-state index contributed by atoms with van der Waals surface area (Å²) in [5.41, 5.74) is 0. The van der Waals surface area contributed by atoms with Gasteiger partial charge in [0.1, 0.15) is 5.75 Å². The number of methoxy groups -OCH3 is 1. The van der Waals surface area contributed by atoms with Crippen molar-refractivity contribution in [3.63, 3.8) is 0 Å². The molecule has 1 unspecified atom stereocenters. The molecule has 1 amide bonds. The average molecular weight is 302 g/mol. The minimum Gasteiger partial charge on any atom is -0.480 e. The Hall–Kier alpha value is -1.07. The van der Waals surface area contributed by atoms with E-state index in [2.05, 4.69) is 21.2 Å². The van der Waals surface area contributed by atoms with Gasteiger partial charge in [-0.05, 0) is 35.0 Å². The molecule has 0 radical (unpaired) electrons. The highest BCUT2D eigenvalue weighted by Gasteiger charge is 2.14. The van der Waals surface area contributed by atoms with E-state index in [-0.39, 0.29) is 5.91 Å². The Kier molecular flexibility index (Phi) is 6.00. The van der Waals surface area contributed by atoms with Crippen molar-refractivity contribution in [2.75, 3.05) is 20.3 Å². The van der Waals surface area contributed by atoms with Crippen LogP contribution in [0, 0.1) is 0 Å². The zero-order valence-electron chi connectivity index (χ0n) is 9.90. The molecule has 1 aromatic rings. The molecule has 1 rings (SSSR count). The molecule has 0 aliphatic carbocycles. The highest BCUT2D eigenvalue weighted by Crippen LogP contribution is 2.24. The number of amides is 1. The Morgan fingerprint density at radius 1 is 1.47 bits per heavy atom. The van der Waals surface area contributed by atoms with E-state index in [1.54, 1.807) is 14.0 Å². The van der Waals surface area contributed by atoms with Crippen molar-refractivity contribution in [1.29, 1.82) is 0 Å². The van der Waals surface area contributed by atoms with Gasteiger partial charge in [0.25, 0.3) is 5.91 Å². The Bertz CT molecular complexity index is 371. The lowest BCUT2D eigenvalue weighted by Gasteiger charge is -2.15. The SMILES string of the molecule is COCCNC(=O)C(C)Oc1ccccc1Br. The number of carbonyl (C=O) groups excluding carboxylic acids is 1. The first kappa shape index (κ1) is 14.0. The minimum absolute atomic E-state index is 0.155. The van der Waals surface area contributed by atoms with Gasteiger partial charge in [-0.25, -0.2) is 0 Å². The van der Waals surface area contributed by atoms with Crippen LogP contribution in [0.2, 0.25) is 0 Å². The summed E-state index contributed by atoms with van der Waals surface area (Å²) in [6, 6.07) is 7.42. The van der Waals surface area contributed by atoms with Gasteiger partial charge in [0, 0.05) is 13.7 Å². The van der Waals surface area contributed by atoms with Crippen LogP contribution in [-0.2, 0) is 9.53 Å². The second kappa shape index (κ2) is 7.29. The van der Waals surface area contributed by atoms with Crippen LogP contribution in [-0.4, -0.2) is 32.3 Å². The molecule has 0 saturated heterocycles. The van der Waals surface area contributed by atoms with Gasteiger partial charge in [0.15, 0.2) is 6.10 Å². The smallest absolute Gasteiger partial charge is 0.260 e. The Morgan fingerprint density at radius 3 is 2.82 bits per heavy atom. The van der Waals surface area contributed by atoms with Crippen LogP contribution in [0.25, 0.3) is 0 Å². The summed E-state index contributed by atoms with van der Waals surface area (Å²) in [5.74, 6) is 0.500. The monoisotopic (exact) mass is 301 g/mol. The summed E-state index contributed by atoms with van der Waals surface area (Å²) in [7, 11) is 1.59. The van der Waals surface area contributed by atoms with E-state index in [4.69, 9.17) is 9.47 Å². The van der Waals surface area contributed by atoms with E-state index < -0.39 is 6.10 Å². The number of hydrogen-bond donors (Lipinski definition) is 1. The van der Waals surface area contributed by atoms with E-state index in [1.165, 1.54) is 0 Å². The Morgan fingerprint density at radius 2 is 2.18 bits per heavy atom. The second-order valence-electron chi connectivity index (χ2n) is 3.47. The largest absolute Gasteiger partial charge is 0.480 e. The molecule has 0 aromatic heterocycles. The molecule has 0 spiro atoms. The molecule has 0 bridgehead atoms. The molecule has 0 heterocycles. The third-order valence-corrected chi connectivity index (χ3v) is 2.77. The number of benzene rings is 1. The molecule has 1 aromatic carbocycles. The lowest BCUT2D eigenvalue weighted by Crippen LogP contribution is -2.37. The van der Waals surface area contributed by atoms with Gasteiger partial charge in [0.05, 0.1) is 11.1 Å². The van der Waals surface area contributed by atoms with Gasteiger partial charge >= 0.3 is 0 Å². The molecule has 0 saturated carbocycles. The number of rotatable bonds is 6. The van der Waals surface area contributed by atoms with Crippen molar-refractivity contribution < 1.29 is 14.3 Å². The summed E-state index contributed by atoms with van der Waals surface area (Å²) in [4.78, 5) is 11.6. The standard InChI is InChI=1S/C12H16BrNO3/c1-9(12(15)14-7-8-16-2)17-11-6-4-3-5-10(11)13/h3-6,9H,7-8H2,1-2H3,(H,14,15). The Balaban J connectivity index is 2.46. The highest BCUT2D eigenvalue weighted by atomic mass is 79.9. The average Bonchev–Trinajstić information content (AvgIpc) is 2.32. The lowest BCUT2D eigenvalue weighted by atomic mass is 10.3. The van der Waals surface area contributed by atoms with Crippen LogP contribution in [0.4, 0.5) is 0 Å². The van der Waals surface area contributed by atoms with Gasteiger partial charge in [0.2, 0.25) is 0 Å². The van der Waals surface area contributed by atoms with E-state index in [0.717, 1.165) is 4.47 Å². The van der Waals surface area contributed by atoms with Crippen LogP contribution >= 0.6 is 15.9 Å². The van der Waals surface area contributed by atoms with Crippen molar-refractivity contribution in [2.24, 2.45) is 0 Å². The number of carbonyl (C=O) groups is 1. The van der Waals surface area contributed by atoms with Crippen LogP contribution in [0.5, 0.6) is 5.75 Å². The van der Waals surface area contributed by atoms with Gasteiger partial charge < -0.3 is 14.8 Å². The highest BCUT2D eigenvalue weighted by molar-refractivity contribution is 9.10. The second-order valence-corrected chi connectivity index (χ2v) is 4.33. The lowest BCUT2D eigenvalue weighted by molar-refractivity contribution is -0.127. The molecule has 1 N–H and O–H groups in total. The van der Waals surface area contributed by atoms with E-state index in [9.17, 15) is 4.79 Å². The van der Waals surface area contributed by atoms with Crippen LogP contribution in [0.15, 0.2) is 28.7 Å². The normalized spacial score (nSPS) is 11.9. The van der Waals surface area contributed by atoms with Gasteiger partial charge in [-0.3, -0.25) is 4.79 Å². The summed E-state index contributed by atoms with van der Waals surface area (Å²) in [6.45, 7) is 2.69. The summed E-state index contributed by atoms with van der Waals surface area (Å²) < 4.78 is 11.2. The minimum atomic E-state index is -0.537. The maximum Gasteiger partial charge on any atom is 0.260 e. The van der Waals surface area contributed by atoms with Crippen LogP contribution in [0.3, 0.4) is 0 Å². The molecular formula is C12H16BrNO3. The fourth-order valence-corrected chi connectivity index (χ4v) is 1.58. The van der Waals surface area contributed by atoms with E-state index in [0.29, 0.717) is 18.9 Å². The van der Waals surface area contributed by atoms with Crippen molar-refractivity contribution in [3.8, 4) is 5.75 Å². The van der Waals surface area contributed by atoms with Gasteiger partial charge in [-0.1, -0.05) is 12.1 Å². The molecule has 94 valence electrons. The Labute approximate surface area is 109 Å². The topological polar surface area (TPSA) is 47.6 Å². The van der Waals surface area contributed by atoms with Crippen LogP contribution in [0.1, 0.15) is 6.92 Å². The number of halogens is 1. The number of hydrogen-bond acceptors (Lipinski definition) is 3. The summed E-state index contributed by atoms with van der Waals surface area (Å²) >= 11 is 3.36. The zero-order chi connectivity index (χ0) is 12.7. The third-order valence-electron chi connectivity index (χ3n) is 2.12. The fraction of sp³-hybridized carbons (Fsp3) is 0.417. The number of para-hydroxylation sites is 1. The van der Waals surface area contributed by atoms with Crippen molar-refractivity contribution in [3.05, 3.63) is 28.7 Å². The first-order valence-electron chi connectivity index (χ1n) is 5.33. The first-order chi connectivity index (χ1) is 8.15. The molecule has 0 aliphatic rings. The quantitative estimate of drug-likeness (QED) is 0.817. The summed E-state index contributed by atoms with van der Waals surface area (Å²) in [6.07, 6.45) is -0.537. The molecule has 4 nitrogen and oxygen atoms in total. The number of nitrogens with one attached hydrogen (secondary N) is 1. The van der Waals surface area contributed by atoms with E-state index >= 15 is 0 Å². The first-order valence-corrected chi connectivity index (χ1v) is 6.12. The van der Waals surface area contributed by atoms with Gasteiger partial charge in [-0.2, -0.15) is 0 Å². The molecule has 1 atom stereocenters. The van der Waals surface area contributed by atoms with Crippen molar-refractivity contribution in [2.45, 2.75) is 13.0 Å². The fourth-order valence-electron chi connectivity index (χ4n) is 1.20. The molecule has 0 fully saturated rings. The third kappa shape index (κ3) is 4.75. The predicted molar refractivity (Wildman–Crippen MR) is 69.1 cm³/mol. The molecule has 0 aliphatic heterocycles. The zero-order valence-corrected chi connectivity index (χ0v) is 11.5. The van der Waals surface area contributed by atoms with Crippen molar-refractivity contribution >= 4 is 21.8 Å². The molecular weight excluding hydrogens is 286 g/mol. The molecule has 17 heavy (non-hydrogen) atoms. The number of ether oxygens (including phenoxy) is 2. The predicted octanol–water partition coefficient (Wildman–Crippen LogP) is 1.98. The molecule has 5 heteroatoms. The van der Waals surface area contributed by atoms with Crippen LogP contribution < -0.4 is 10.1 Å². The van der Waals surface area contributed by atoms with Gasteiger partial charge in [-0.15, -0.1) is 0 Å². The summed E-state index contributed by atoms with van der Waals surface area (Å²) in [5, 5.41) is 2.72. The van der Waals surface area contributed by atoms with Crippen molar-refractivity contribution in [1.82, 2.24) is 5.32 Å². The maximum atomic E-state index is 11.6. The van der Waals surface area contributed by atoms with E-state index in [1.807, 2.05) is 24.3 Å².